The predicted octanol–water partition coefficient (Wildman–Crippen LogP) is 2.95. The van der Waals surface area contributed by atoms with E-state index in [9.17, 15) is 0 Å². The van der Waals surface area contributed by atoms with Gasteiger partial charge in [-0.25, -0.2) is 0 Å². The molecule has 15 heavy (non-hydrogen) atoms. The number of anilines is 1. The Morgan fingerprint density at radius 3 is 2.20 bits per heavy atom. The summed E-state index contributed by atoms with van der Waals surface area (Å²) >= 11 is 0. The van der Waals surface area contributed by atoms with Crippen molar-refractivity contribution in [2.24, 2.45) is 0 Å². The minimum atomic E-state index is 0.699. The summed E-state index contributed by atoms with van der Waals surface area (Å²) in [5, 5.41) is 0. The fourth-order valence-corrected chi connectivity index (χ4v) is 1.77. The number of aromatic nitrogens is 1. The zero-order valence-corrected chi connectivity index (χ0v) is 8.99. The van der Waals surface area contributed by atoms with E-state index in [4.69, 9.17) is 5.73 Å². The van der Waals surface area contributed by atoms with Gasteiger partial charge in [0.25, 0.3) is 0 Å². The number of rotatable bonds is 1. The van der Waals surface area contributed by atoms with E-state index in [1.54, 1.807) is 6.20 Å². The second-order valence-electron chi connectivity index (χ2n) is 3.74. The van der Waals surface area contributed by atoms with E-state index in [1.165, 1.54) is 16.7 Å². The Morgan fingerprint density at radius 1 is 1.00 bits per heavy atom. The van der Waals surface area contributed by atoms with Crippen molar-refractivity contribution in [1.29, 1.82) is 0 Å². The first-order chi connectivity index (χ1) is 7.18. The van der Waals surface area contributed by atoms with E-state index in [1.807, 2.05) is 12.1 Å². The van der Waals surface area contributed by atoms with Gasteiger partial charge >= 0.3 is 0 Å². The topological polar surface area (TPSA) is 38.9 Å². The van der Waals surface area contributed by atoms with Crippen LogP contribution in [0.15, 0.2) is 36.5 Å². The maximum Gasteiger partial charge on any atom is 0.0708 e. The molecule has 76 valence electrons. The number of nitrogens with two attached hydrogens (primary N) is 1. The number of aryl methyl sites for hydroxylation is 2. The molecule has 1 heterocycles. The molecule has 2 rings (SSSR count). The first-order valence-electron chi connectivity index (χ1n) is 4.96. The number of nitrogen functional groups attached to an aromatic ring is 1. The van der Waals surface area contributed by atoms with Gasteiger partial charge in [0.05, 0.1) is 17.6 Å². The second-order valence-corrected chi connectivity index (χ2v) is 3.74. The number of hydrogen-bond acceptors (Lipinski definition) is 2. The molecular formula is C13H14N2. The molecule has 0 saturated carbocycles. The van der Waals surface area contributed by atoms with Crippen molar-refractivity contribution in [2.45, 2.75) is 13.8 Å². The van der Waals surface area contributed by atoms with E-state index in [2.05, 4.69) is 37.0 Å². The monoisotopic (exact) mass is 198 g/mol. The van der Waals surface area contributed by atoms with E-state index in [-0.39, 0.29) is 0 Å². The zero-order valence-electron chi connectivity index (χ0n) is 8.99. The van der Waals surface area contributed by atoms with Gasteiger partial charge in [0.1, 0.15) is 0 Å². The van der Waals surface area contributed by atoms with Crippen LogP contribution in [0.2, 0.25) is 0 Å². The Balaban J connectivity index is 2.58. The fraction of sp³-hybridized carbons (Fsp3) is 0.154. The highest BCUT2D eigenvalue weighted by Gasteiger charge is 2.05. The highest BCUT2D eigenvalue weighted by atomic mass is 14.7. The molecule has 2 aromatic rings. The molecule has 0 spiro atoms. The molecule has 0 saturated heterocycles. The Morgan fingerprint density at radius 2 is 1.67 bits per heavy atom. The molecule has 2 nitrogen and oxygen atoms in total. The van der Waals surface area contributed by atoms with Crippen LogP contribution in [0.5, 0.6) is 0 Å². The molecule has 0 aliphatic rings. The van der Waals surface area contributed by atoms with Crippen LogP contribution in [0.25, 0.3) is 11.3 Å². The van der Waals surface area contributed by atoms with E-state index >= 15 is 0 Å². The lowest BCUT2D eigenvalue weighted by molar-refractivity contribution is 1.28. The summed E-state index contributed by atoms with van der Waals surface area (Å²) < 4.78 is 0. The largest absolute Gasteiger partial charge is 0.397 e. The lowest BCUT2D eigenvalue weighted by atomic mass is 10.00. The van der Waals surface area contributed by atoms with Gasteiger partial charge < -0.3 is 5.73 Å². The van der Waals surface area contributed by atoms with Crippen molar-refractivity contribution in [3.05, 3.63) is 47.7 Å². The van der Waals surface area contributed by atoms with Crippen molar-refractivity contribution in [2.75, 3.05) is 5.73 Å². The summed E-state index contributed by atoms with van der Waals surface area (Å²) in [5.41, 5.74) is 11.0. The minimum absolute atomic E-state index is 0.699. The molecule has 0 fully saturated rings. The summed E-state index contributed by atoms with van der Waals surface area (Å²) in [5.74, 6) is 0. The molecule has 2 N–H and O–H groups in total. The van der Waals surface area contributed by atoms with Crippen molar-refractivity contribution >= 4 is 5.69 Å². The molecule has 0 aliphatic heterocycles. The molecule has 0 unspecified atom stereocenters. The molecule has 0 bridgehead atoms. The average Bonchev–Trinajstić information content (AvgIpc) is 2.20. The first-order valence-corrected chi connectivity index (χ1v) is 4.96. The summed E-state index contributed by atoms with van der Waals surface area (Å²) in [4.78, 5) is 4.35. The standard InChI is InChI=1S/C13H14N2/c1-9-4-3-5-10(2)13(9)12-7-6-11(14)8-15-12/h3-8H,14H2,1-2H3. The summed E-state index contributed by atoms with van der Waals surface area (Å²) in [6, 6.07) is 10.1. The highest BCUT2D eigenvalue weighted by Crippen LogP contribution is 2.25. The number of pyridine rings is 1. The lowest BCUT2D eigenvalue weighted by Gasteiger charge is -2.08. The van der Waals surface area contributed by atoms with Crippen LogP contribution >= 0.6 is 0 Å². The Bertz CT molecular complexity index is 452. The zero-order chi connectivity index (χ0) is 10.8. The minimum Gasteiger partial charge on any atom is -0.397 e. The van der Waals surface area contributed by atoms with Gasteiger partial charge in [-0.05, 0) is 37.1 Å². The maximum atomic E-state index is 5.62. The van der Waals surface area contributed by atoms with Crippen LogP contribution in [-0.4, -0.2) is 4.98 Å². The molecule has 0 atom stereocenters. The molecule has 0 aliphatic carbocycles. The van der Waals surface area contributed by atoms with Crippen molar-refractivity contribution < 1.29 is 0 Å². The van der Waals surface area contributed by atoms with Crippen LogP contribution in [0.1, 0.15) is 11.1 Å². The lowest BCUT2D eigenvalue weighted by Crippen LogP contribution is -1.92. The Kier molecular flexibility index (Phi) is 2.42. The average molecular weight is 198 g/mol. The Hall–Kier alpha value is -1.83. The molecular weight excluding hydrogens is 184 g/mol. The van der Waals surface area contributed by atoms with Crippen LogP contribution in [0.4, 0.5) is 5.69 Å². The third-order valence-corrected chi connectivity index (χ3v) is 2.52. The quantitative estimate of drug-likeness (QED) is 0.765. The number of nitrogens with zero attached hydrogens (tertiary/aromatic N) is 1. The Labute approximate surface area is 89.8 Å². The van der Waals surface area contributed by atoms with Gasteiger partial charge in [-0.2, -0.15) is 0 Å². The predicted molar refractivity (Wildman–Crippen MR) is 63.6 cm³/mol. The third-order valence-electron chi connectivity index (χ3n) is 2.52. The van der Waals surface area contributed by atoms with Crippen LogP contribution in [-0.2, 0) is 0 Å². The fourth-order valence-electron chi connectivity index (χ4n) is 1.77. The van der Waals surface area contributed by atoms with Crippen molar-refractivity contribution in [3.63, 3.8) is 0 Å². The summed E-state index contributed by atoms with van der Waals surface area (Å²) in [6.07, 6.45) is 1.70. The normalized spacial score (nSPS) is 10.3. The number of hydrogen-bond donors (Lipinski definition) is 1. The second kappa shape index (κ2) is 3.73. The molecule has 2 heteroatoms. The molecule has 0 amide bonds. The van der Waals surface area contributed by atoms with E-state index in [0.29, 0.717) is 5.69 Å². The van der Waals surface area contributed by atoms with Crippen molar-refractivity contribution in [1.82, 2.24) is 4.98 Å². The number of benzene rings is 1. The van der Waals surface area contributed by atoms with Gasteiger partial charge in [-0.3, -0.25) is 4.98 Å². The third kappa shape index (κ3) is 1.84. The summed E-state index contributed by atoms with van der Waals surface area (Å²) in [7, 11) is 0. The van der Waals surface area contributed by atoms with E-state index < -0.39 is 0 Å². The van der Waals surface area contributed by atoms with Gasteiger partial charge in [0.15, 0.2) is 0 Å². The smallest absolute Gasteiger partial charge is 0.0708 e. The van der Waals surface area contributed by atoms with Crippen LogP contribution < -0.4 is 5.73 Å². The SMILES string of the molecule is Cc1cccc(C)c1-c1ccc(N)cn1. The van der Waals surface area contributed by atoms with Gasteiger partial charge in [0, 0.05) is 5.56 Å². The van der Waals surface area contributed by atoms with Crippen LogP contribution in [0.3, 0.4) is 0 Å². The molecule has 0 radical (unpaired) electrons. The maximum absolute atomic E-state index is 5.62. The molecule has 1 aromatic heterocycles. The summed E-state index contributed by atoms with van der Waals surface area (Å²) in [6.45, 7) is 4.20. The van der Waals surface area contributed by atoms with Gasteiger partial charge in [-0.1, -0.05) is 18.2 Å². The van der Waals surface area contributed by atoms with Gasteiger partial charge in [-0.15, -0.1) is 0 Å². The highest BCUT2D eigenvalue weighted by molar-refractivity contribution is 5.68. The van der Waals surface area contributed by atoms with Crippen molar-refractivity contribution in [3.8, 4) is 11.3 Å². The van der Waals surface area contributed by atoms with Gasteiger partial charge in [0.2, 0.25) is 0 Å². The molecule has 1 aromatic carbocycles. The van der Waals surface area contributed by atoms with Crippen LogP contribution in [0, 0.1) is 13.8 Å². The van der Waals surface area contributed by atoms with E-state index in [0.717, 1.165) is 5.69 Å². The first kappa shape index (κ1) is 9.71.